The molecular formula is C21H24N8. The highest BCUT2D eigenvalue weighted by atomic mass is 15.4. The van der Waals surface area contributed by atoms with Gasteiger partial charge in [0.1, 0.15) is 12.1 Å². The van der Waals surface area contributed by atoms with Gasteiger partial charge in [-0.15, -0.1) is 0 Å². The van der Waals surface area contributed by atoms with Crippen LogP contribution < -0.4 is 4.90 Å². The molecule has 1 aliphatic heterocycles. The molecule has 1 aliphatic rings. The zero-order chi connectivity index (χ0) is 19.6. The third-order valence-electron chi connectivity index (χ3n) is 5.44. The SMILES string of the molecule is Cc1cc(N2CCN(Cc3cncn3Cc3ccccc3)CC2)n2ncnc2n1. The Kier molecular flexibility index (Phi) is 4.69. The predicted molar refractivity (Wildman–Crippen MR) is 111 cm³/mol. The molecule has 0 N–H and O–H groups in total. The van der Waals surface area contributed by atoms with Gasteiger partial charge >= 0.3 is 0 Å². The van der Waals surface area contributed by atoms with Crippen molar-refractivity contribution in [3.63, 3.8) is 0 Å². The summed E-state index contributed by atoms with van der Waals surface area (Å²) in [5.41, 5.74) is 3.51. The summed E-state index contributed by atoms with van der Waals surface area (Å²) in [6.45, 7) is 7.66. The number of rotatable bonds is 5. The molecule has 4 aromatic rings. The van der Waals surface area contributed by atoms with E-state index in [9.17, 15) is 0 Å². The number of hydrogen-bond acceptors (Lipinski definition) is 6. The smallest absolute Gasteiger partial charge is 0.254 e. The maximum Gasteiger partial charge on any atom is 0.254 e. The molecule has 0 spiro atoms. The normalized spacial score (nSPS) is 15.3. The molecule has 0 atom stereocenters. The molecule has 5 rings (SSSR count). The van der Waals surface area contributed by atoms with E-state index in [2.05, 4.69) is 70.8 Å². The van der Waals surface area contributed by atoms with Crippen molar-refractivity contribution in [2.24, 2.45) is 0 Å². The summed E-state index contributed by atoms with van der Waals surface area (Å²) in [6, 6.07) is 12.6. The molecule has 0 saturated carbocycles. The minimum Gasteiger partial charge on any atom is -0.354 e. The fraction of sp³-hybridized carbons (Fsp3) is 0.333. The molecular weight excluding hydrogens is 364 g/mol. The Bertz CT molecular complexity index is 1090. The third kappa shape index (κ3) is 3.71. The number of fused-ring (bicyclic) bond motifs is 1. The zero-order valence-corrected chi connectivity index (χ0v) is 16.5. The summed E-state index contributed by atoms with van der Waals surface area (Å²) in [6.07, 6.45) is 5.48. The van der Waals surface area contributed by atoms with Crippen molar-refractivity contribution in [2.75, 3.05) is 31.1 Å². The highest BCUT2D eigenvalue weighted by Gasteiger charge is 2.21. The number of nitrogens with zero attached hydrogens (tertiary/aromatic N) is 8. The van der Waals surface area contributed by atoms with Crippen LogP contribution in [-0.4, -0.2) is 60.2 Å². The minimum absolute atomic E-state index is 0.659. The lowest BCUT2D eigenvalue weighted by Gasteiger charge is -2.36. The predicted octanol–water partition coefficient (Wildman–Crippen LogP) is 2.00. The van der Waals surface area contributed by atoms with Crippen molar-refractivity contribution in [1.29, 1.82) is 0 Å². The lowest BCUT2D eigenvalue weighted by molar-refractivity contribution is 0.243. The van der Waals surface area contributed by atoms with E-state index in [-0.39, 0.29) is 0 Å². The second-order valence-corrected chi connectivity index (χ2v) is 7.49. The van der Waals surface area contributed by atoms with Crippen LogP contribution in [0, 0.1) is 6.92 Å². The van der Waals surface area contributed by atoms with Gasteiger partial charge in [0.25, 0.3) is 5.78 Å². The van der Waals surface area contributed by atoms with Crippen LogP contribution in [0.5, 0.6) is 0 Å². The maximum atomic E-state index is 4.44. The Hall–Kier alpha value is -3.26. The van der Waals surface area contributed by atoms with Gasteiger partial charge in [-0.25, -0.2) is 9.97 Å². The second kappa shape index (κ2) is 7.63. The standard InChI is InChI=1S/C21H24N8/c1-17-11-20(29-21(25-17)23-15-24-29)27-9-7-26(8-10-27)14-19-12-22-16-28(19)13-18-5-3-2-4-6-18/h2-6,11-12,15-16H,7-10,13-14H2,1H3. The van der Waals surface area contributed by atoms with Gasteiger partial charge in [-0.05, 0) is 12.5 Å². The topological polar surface area (TPSA) is 67.4 Å². The Morgan fingerprint density at radius 1 is 1.00 bits per heavy atom. The number of benzene rings is 1. The second-order valence-electron chi connectivity index (χ2n) is 7.49. The lowest BCUT2D eigenvalue weighted by Crippen LogP contribution is -2.46. The van der Waals surface area contributed by atoms with Gasteiger partial charge in [0.05, 0.1) is 12.0 Å². The fourth-order valence-electron chi connectivity index (χ4n) is 3.90. The zero-order valence-electron chi connectivity index (χ0n) is 16.5. The highest BCUT2D eigenvalue weighted by molar-refractivity contribution is 5.47. The van der Waals surface area contributed by atoms with E-state index in [4.69, 9.17) is 0 Å². The minimum atomic E-state index is 0.659. The van der Waals surface area contributed by atoms with Gasteiger partial charge in [0, 0.05) is 57.2 Å². The number of piperazine rings is 1. The van der Waals surface area contributed by atoms with Crippen LogP contribution in [0.4, 0.5) is 5.82 Å². The molecule has 29 heavy (non-hydrogen) atoms. The van der Waals surface area contributed by atoms with Gasteiger partial charge < -0.3 is 9.47 Å². The largest absolute Gasteiger partial charge is 0.354 e. The van der Waals surface area contributed by atoms with Crippen LogP contribution in [0.2, 0.25) is 0 Å². The molecule has 0 bridgehead atoms. The average Bonchev–Trinajstić information content (AvgIpc) is 3.38. The van der Waals surface area contributed by atoms with E-state index in [0.717, 1.165) is 50.8 Å². The molecule has 1 aromatic carbocycles. The summed E-state index contributed by atoms with van der Waals surface area (Å²) >= 11 is 0. The Balaban J connectivity index is 1.25. The van der Waals surface area contributed by atoms with E-state index in [0.29, 0.717) is 5.78 Å². The van der Waals surface area contributed by atoms with E-state index in [1.54, 1.807) is 6.33 Å². The molecule has 0 aliphatic carbocycles. The number of hydrogen-bond donors (Lipinski definition) is 0. The molecule has 0 unspecified atom stereocenters. The monoisotopic (exact) mass is 388 g/mol. The molecule has 8 nitrogen and oxygen atoms in total. The van der Waals surface area contributed by atoms with Crippen molar-refractivity contribution in [3.8, 4) is 0 Å². The molecule has 1 saturated heterocycles. The van der Waals surface area contributed by atoms with Crippen molar-refractivity contribution in [1.82, 2.24) is 34.0 Å². The van der Waals surface area contributed by atoms with Crippen LogP contribution in [-0.2, 0) is 13.1 Å². The molecule has 148 valence electrons. The molecule has 0 radical (unpaired) electrons. The van der Waals surface area contributed by atoms with Crippen LogP contribution in [0.1, 0.15) is 17.0 Å². The summed E-state index contributed by atoms with van der Waals surface area (Å²) < 4.78 is 4.07. The maximum absolute atomic E-state index is 4.44. The molecule has 3 aromatic heterocycles. The lowest BCUT2D eigenvalue weighted by atomic mass is 10.2. The number of aryl methyl sites for hydroxylation is 1. The van der Waals surface area contributed by atoms with E-state index in [1.165, 1.54) is 11.3 Å². The summed E-state index contributed by atoms with van der Waals surface area (Å²) in [5.74, 6) is 1.73. The first-order valence-electron chi connectivity index (χ1n) is 9.94. The number of imidazole rings is 1. The van der Waals surface area contributed by atoms with Crippen molar-refractivity contribution in [3.05, 3.63) is 72.2 Å². The van der Waals surface area contributed by atoms with Crippen molar-refractivity contribution < 1.29 is 0 Å². The van der Waals surface area contributed by atoms with Gasteiger partial charge in [-0.2, -0.15) is 14.6 Å². The molecule has 8 heteroatoms. The van der Waals surface area contributed by atoms with Crippen LogP contribution in [0.15, 0.2) is 55.2 Å². The summed E-state index contributed by atoms with van der Waals surface area (Å²) in [5, 5.41) is 4.34. The van der Waals surface area contributed by atoms with Gasteiger partial charge in [0.15, 0.2) is 0 Å². The summed E-state index contributed by atoms with van der Waals surface area (Å²) in [4.78, 5) is 17.9. The van der Waals surface area contributed by atoms with Gasteiger partial charge in [-0.3, -0.25) is 4.90 Å². The molecule has 0 amide bonds. The van der Waals surface area contributed by atoms with Gasteiger partial charge in [0.2, 0.25) is 0 Å². The number of anilines is 1. The van der Waals surface area contributed by atoms with E-state index >= 15 is 0 Å². The third-order valence-corrected chi connectivity index (χ3v) is 5.44. The van der Waals surface area contributed by atoms with Crippen molar-refractivity contribution in [2.45, 2.75) is 20.0 Å². The summed E-state index contributed by atoms with van der Waals surface area (Å²) in [7, 11) is 0. The first-order valence-corrected chi connectivity index (χ1v) is 9.94. The Morgan fingerprint density at radius 3 is 2.66 bits per heavy atom. The molecule has 1 fully saturated rings. The quantitative estimate of drug-likeness (QED) is 0.521. The van der Waals surface area contributed by atoms with Crippen LogP contribution >= 0.6 is 0 Å². The Labute approximate surface area is 169 Å². The molecule has 4 heterocycles. The van der Waals surface area contributed by atoms with Crippen LogP contribution in [0.25, 0.3) is 5.78 Å². The van der Waals surface area contributed by atoms with E-state index < -0.39 is 0 Å². The van der Waals surface area contributed by atoms with Gasteiger partial charge in [-0.1, -0.05) is 30.3 Å². The van der Waals surface area contributed by atoms with Crippen LogP contribution in [0.3, 0.4) is 0 Å². The van der Waals surface area contributed by atoms with Crippen molar-refractivity contribution >= 4 is 11.6 Å². The van der Waals surface area contributed by atoms with E-state index in [1.807, 2.05) is 24.0 Å². The first kappa shape index (κ1) is 17.8. The number of aromatic nitrogens is 6. The Morgan fingerprint density at radius 2 is 1.83 bits per heavy atom. The fourth-order valence-corrected chi connectivity index (χ4v) is 3.90. The average molecular weight is 388 g/mol. The first-order chi connectivity index (χ1) is 14.3. The highest BCUT2D eigenvalue weighted by Crippen LogP contribution is 2.19.